The van der Waals surface area contributed by atoms with Crippen LogP contribution in [0.1, 0.15) is 24.0 Å². The summed E-state index contributed by atoms with van der Waals surface area (Å²) < 4.78 is 44.3. The minimum Gasteiger partial charge on any atom is -0.381 e. The molecule has 0 atom stereocenters. The van der Waals surface area contributed by atoms with Gasteiger partial charge in [0.05, 0.1) is 16.9 Å². The number of aliphatic imine (C=N–C) groups is 1. The minimum atomic E-state index is -4.46. The van der Waals surface area contributed by atoms with Crippen molar-refractivity contribution in [2.45, 2.75) is 25.1 Å². The molecule has 0 saturated carbocycles. The monoisotopic (exact) mass is 374 g/mol. The molecule has 0 aromatic heterocycles. The van der Waals surface area contributed by atoms with Gasteiger partial charge >= 0.3 is 6.18 Å². The SMILES string of the molecule is O=C1C(=Nc2cccc(C(F)(F)F)c2)c2ccccc2N1C1CCOCC1. The molecule has 2 aliphatic rings. The lowest BCUT2D eigenvalue weighted by Crippen LogP contribution is -2.42. The second kappa shape index (κ2) is 6.81. The summed E-state index contributed by atoms with van der Waals surface area (Å²) in [5.41, 5.74) is 0.893. The number of benzene rings is 2. The van der Waals surface area contributed by atoms with E-state index in [0.717, 1.165) is 30.7 Å². The fourth-order valence-corrected chi connectivity index (χ4v) is 3.52. The van der Waals surface area contributed by atoms with Crippen LogP contribution in [0.4, 0.5) is 24.5 Å². The van der Waals surface area contributed by atoms with Crippen LogP contribution >= 0.6 is 0 Å². The summed E-state index contributed by atoms with van der Waals surface area (Å²) in [4.78, 5) is 19.1. The van der Waals surface area contributed by atoms with E-state index in [1.54, 1.807) is 17.0 Å². The van der Waals surface area contributed by atoms with Gasteiger partial charge in [-0.2, -0.15) is 13.2 Å². The fraction of sp³-hybridized carbons (Fsp3) is 0.300. The Labute approximate surface area is 154 Å². The van der Waals surface area contributed by atoms with Crippen LogP contribution in [0.2, 0.25) is 0 Å². The number of halogens is 3. The Kier molecular flexibility index (Phi) is 4.47. The molecule has 0 unspecified atom stereocenters. The Morgan fingerprint density at radius 1 is 1.04 bits per heavy atom. The Balaban J connectivity index is 1.75. The van der Waals surface area contributed by atoms with Crippen LogP contribution in [0.3, 0.4) is 0 Å². The molecule has 1 amide bonds. The highest BCUT2D eigenvalue weighted by Crippen LogP contribution is 2.36. The number of anilines is 1. The molecule has 0 spiro atoms. The standard InChI is InChI=1S/C20H17F3N2O2/c21-20(22,23)13-4-3-5-14(12-13)24-18-16-6-1-2-7-17(16)25(19(18)26)15-8-10-27-11-9-15/h1-7,12,15H,8-11H2. The number of rotatable bonds is 2. The number of carbonyl (C=O) groups is 1. The Bertz CT molecular complexity index is 902. The first-order chi connectivity index (χ1) is 12.9. The zero-order valence-electron chi connectivity index (χ0n) is 14.4. The van der Waals surface area contributed by atoms with Crippen LogP contribution in [0.5, 0.6) is 0 Å². The number of alkyl halides is 3. The molecular formula is C20H17F3N2O2. The summed E-state index contributed by atoms with van der Waals surface area (Å²) in [6.07, 6.45) is -3.02. The summed E-state index contributed by atoms with van der Waals surface area (Å²) in [7, 11) is 0. The Morgan fingerprint density at radius 2 is 1.78 bits per heavy atom. The summed E-state index contributed by atoms with van der Waals surface area (Å²) in [5, 5.41) is 0. The lowest BCUT2D eigenvalue weighted by atomic mass is 10.1. The van der Waals surface area contributed by atoms with E-state index in [-0.39, 0.29) is 23.3 Å². The third kappa shape index (κ3) is 3.35. The van der Waals surface area contributed by atoms with E-state index in [1.807, 2.05) is 12.1 Å². The summed E-state index contributed by atoms with van der Waals surface area (Å²) in [6, 6.07) is 12.0. The summed E-state index contributed by atoms with van der Waals surface area (Å²) >= 11 is 0. The van der Waals surface area contributed by atoms with Gasteiger partial charge < -0.3 is 9.64 Å². The molecule has 0 radical (unpaired) electrons. The number of ether oxygens (including phenoxy) is 1. The molecule has 7 heteroatoms. The molecule has 4 nitrogen and oxygen atoms in total. The highest BCUT2D eigenvalue weighted by molar-refractivity contribution is 6.54. The van der Waals surface area contributed by atoms with E-state index in [9.17, 15) is 18.0 Å². The second-order valence-corrected chi connectivity index (χ2v) is 6.54. The van der Waals surface area contributed by atoms with Crippen LogP contribution in [-0.4, -0.2) is 30.9 Å². The summed E-state index contributed by atoms with van der Waals surface area (Å²) in [6.45, 7) is 1.16. The highest BCUT2D eigenvalue weighted by Gasteiger charge is 2.38. The van der Waals surface area contributed by atoms with Gasteiger partial charge in [0.25, 0.3) is 5.91 Å². The van der Waals surface area contributed by atoms with Crippen LogP contribution in [0.25, 0.3) is 0 Å². The van der Waals surface area contributed by atoms with E-state index in [2.05, 4.69) is 4.99 Å². The van der Waals surface area contributed by atoms with Gasteiger partial charge in [0.1, 0.15) is 5.71 Å². The maximum absolute atomic E-state index is 13.1. The number of hydrogen-bond acceptors (Lipinski definition) is 3. The number of para-hydroxylation sites is 1. The predicted octanol–water partition coefficient (Wildman–Crippen LogP) is 4.35. The minimum absolute atomic E-state index is 0.00149. The van der Waals surface area contributed by atoms with Crippen molar-refractivity contribution in [2.75, 3.05) is 18.1 Å². The van der Waals surface area contributed by atoms with Crippen molar-refractivity contribution in [2.24, 2.45) is 4.99 Å². The third-order valence-corrected chi connectivity index (χ3v) is 4.81. The van der Waals surface area contributed by atoms with Gasteiger partial charge in [0.2, 0.25) is 0 Å². The summed E-state index contributed by atoms with van der Waals surface area (Å²) in [5.74, 6) is -0.277. The lowest BCUT2D eigenvalue weighted by molar-refractivity contribution is -0.137. The van der Waals surface area contributed by atoms with E-state index < -0.39 is 11.7 Å². The van der Waals surface area contributed by atoms with E-state index >= 15 is 0 Å². The van der Waals surface area contributed by atoms with Crippen LogP contribution in [0.15, 0.2) is 53.5 Å². The molecule has 1 fully saturated rings. The van der Waals surface area contributed by atoms with Gasteiger partial charge in [0.15, 0.2) is 0 Å². The van der Waals surface area contributed by atoms with Gasteiger partial charge in [-0.25, -0.2) is 4.99 Å². The van der Waals surface area contributed by atoms with Gasteiger partial charge in [-0.3, -0.25) is 4.79 Å². The number of nitrogens with zero attached hydrogens (tertiary/aromatic N) is 2. The fourth-order valence-electron chi connectivity index (χ4n) is 3.52. The molecule has 0 bridgehead atoms. The number of carbonyl (C=O) groups excluding carboxylic acids is 1. The van der Waals surface area contributed by atoms with Crippen LogP contribution in [-0.2, 0) is 15.7 Å². The van der Waals surface area contributed by atoms with Crippen molar-refractivity contribution in [1.29, 1.82) is 0 Å². The largest absolute Gasteiger partial charge is 0.416 e. The van der Waals surface area contributed by atoms with Crippen molar-refractivity contribution in [1.82, 2.24) is 0 Å². The molecule has 2 aromatic rings. The lowest BCUT2D eigenvalue weighted by Gasteiger charge is -2.31. The van der Waals surface area contributed by atoms with E-state index in [1.165, 1.54) is 12.1 Å². The average molecular weight is 374 g/mol. The van der Waals surface area contributed by atoms with Crippen molar-refractivity contribution >= 4 is 23.0 Å². The van der Waals surface area contributed by atoms with Crippen LogP contribution < -0.4 is 4.90 Å². The average Bonchev–Trinajstić information content (AvgIpc) is 2.94. The maximum atomic E-state index is 13.1. The number of fused-ring (bicyclic) bond motifs is 1. The van der Waals surface area contributed by atoms with Crippen molar-refractivity contribution < 1.29 is 22.7 Å². The molecule has 2 heterocycles. The van der Waals surface area contributed by atoms with E-state index in [4.69, 9.17) is 4.74 Å². The molecule has 27 heavy (non-hydrogen) atoms. The molecule has 2 aromatic carbocycles. The van der Waals surface area contributed by atoms with Gasteiger partial charge in [0, 0.05) is 24.8 Å². The second-order valence-electron chi connectivity index (χ2n) is 6.54. The van der Waals surface area contributed by atoms with Gasteiger partial charge in [-0.05, 0) is 37.1 Å². The Morgan fingerprint density at radius 3 is 2.52 bits per heavy atom. The number of hydrogen-bond donors (Lipinski definition) is 0. The zero-order chi connectivity index (χ0) is 19.0. The molecule has 2 aliphatic heterocycles. The number of amides is 1. The first kappa shape index (κ1) is 17.7. The molecule has 4 rings (SSSR count). The molecular weight excluding hydrogens is 357 g/mol. The first-order valence-electron chi connectivity index (χ1n) is 8.72. The first-order valence-corrected chi connectivity index (χ1v) is 8.72. The van der Waals surface area contributed by atoms with Crippen LogP contribution in [0, 0.1) is 0 Å². The molecule has 0 N–H and O–H groups in total. The van der Waals surface area contributed by atoms with Crippen molar-refractivity contribution in [3.05, 3.63) is 59.7 Å². The normalized spacial score (nSPS) is 19.6. The zero-order valence-corrected chi connectivity index (χ0v) is 14.4. The van der Waals surface area contributed by atoms with E-state index in [0.29, 0.717) is 18.8 Å². The smallest absolute Gasteiger partial charge is 0.381 e. The highest BCUT2D eigenvalue weighted by atomic mass is 19.4. The van der Waals surface area contributed by atoms with Gasteiger partial charge in [-0.15, -0.1) is 0 Å². The molecule has 140 valence electrons. The Hall–Kier alpha value is -2.67. The maximum Gasteiger partial charge on any atom is 0.416 e. The van der Waals surface area contributed by atoms with Gasteiger partial charge in [-0.1, -0.05) is 24.3 Å². The molecule has 1 saturated heterocycles. The third-order valence-electron chi connectivity index (χ3n) is 4.81. The van der Waals surface area contributed by atoms with Crippen molar-refractivity contribution in [3.63, 3.8) is 0 Å². The predicted molar refractivity (Wildman–Crippen MR) is 95.4 cm³/mol. The topological polar surface area (TPSA) is 41.9 Å². The quantitative estimate of drug-likeness (QED) is 0.784. The van der Waals surface area contributed by atoms with Crippen molar-refractivity contribution in [3.8, 4) is 0 Å². The molecule has 0 aliphatic carbocycles.